The van der Waals surface area contributed by atoms with Gasteiger partial charge in [0.25, 0.3) is 15.6 Å². The minimum atomic E-state index is -4.33. The molecule has 0 radical (unpaired) electrons. The van der Waals surface area contributed by atoms with Gasteiger partial charge in [0.05, 0.1) is 23.4 Å². The summed E-state index contributed by atoms with van der Waals surface area (Å²) in [5.74, 6) is -1.47. The molecule has 0 fully saturated rings. The van der Waals surface area contributed by atoms with Crippen LogP contribution in [-0.4, -0.2) is 43.8 Å². The van der Waals surface area contributed by atoms with Gasteiger partial charge in [0.1, 0.15) is 22.0 Å². The third kappa shape index (κ3) is 5.03. The van der Waals surface area contributed by atoms with E-state index in [1.165, 1.54) is 47.7 Å². The molecule has 0 bridgehead atoms. The molecule has 0 saturated carbocycles. The molecular formula is C23H18FN5O6S3. The van der Waals surface area contributed by atoms with Crippen LogP contribution >= 0.6 is 11.3 Å². The summed E-state index contributed by atoms with van der Waals surface area (Å²) in [5, 5.41) is 17.1. The number of sulfonamides is 2. The van der Waals surface area contributed by atoms with Crippen LogP contribution in [0.25, 0.3) is 10.6 Å². The lowest BCUT2D eigenvalue weighted by molar-refractivity contribution is 0.464. The molecule has 2 aromatic carbocycles. The number of rotatable bonds is 6. The number of hydrogen-bond acceptors (Lipinski definition) is 9. The van der Waals surface area contributed by atoms with E-state index in [0.717, 1.165) is 17.0 Å². The molecule has 196 valence electrons. The number of halogens is 1. The molecule has 0 unspecified atom stereocenters. The number of fused-ring (bicyclic) bond motifs is 1. The van der Waals surface area contributed by atoms with Gasteiger partial charge in [0.15, 0.2) is 11.6 Å². The van der Waals surface area contributed by atoms with Crippen molar-refractivity contribution in [1.29, 1.82) is 0 Å². The molecule has 38 heavy (non-hydrogen) atoms. The van der Waals surface area contributed by atoms with Crippen LogP contribution in [0.2, 0.25) is 0 Å². The number of thiophene rings is 1. The second-order valence-corrected chi connectivity index (χ2v) is 12.6. The molecule has 1 aliphatic heterocycles. The van der Waals surface area contributed by atoms with E-state index >= 15 is 0 Å². The maximum atomic E-state index is 13.5. The predicted octanol–water partition coefficient (Wildman–Crippen LogP) is 2.61. The van der Waals surface area contributed by atoms with Crippen LogP contribution in [0.1, 0.15) is 11.1 Å². The van der Waals surface area contributed by atoms with Gasteiger partial charge < -0.3 is 5.11 Å². The van der Waals surface area contributed by atoms with Gasteiger partial charge in [-0.3, -0.25) is 14.2 Å². The summed E-state index contributed by atoms with van der Waals surface area (Å²) in [5.41, 5.74) is -0.778. The maximum absolute atomic E-state index is 13.5. The van der Waals surface area contributed by atoms with Crippen molar-refractivity contribution in [3.63, 3.8) is 0 Å². The molecule has 5 rings (SSSR count). The van der Waals surface area contributed by atoms with E-state index in [0.29, 0.717) is 10.4 Å². The zero-order valence-corrected chi connectivity index (χ0v) is 21.9. The van der Waals surface area contributed by atoms with Gasteiger partial charge in [-0.1, -0.05) is 18.2 Å². The molecule has 0 spiro atoms. The first-order valence-electron chi connectivity index (χ1n) is 10.8. The molecule has 2 aromatic heterocycles. The van der Waals surface area contributed by atoms with E-state index in [1.807, 2.05) is 0 Å². The fourth-order valence-electron chi connectivity index (χ4n) is 3.76. The van der Waals surface area contributed by atoms with Crippen LogP contribution in [0.5, 0.6) is 5.75 Å². The lowest BCUT2D eigenvalue weighted by Gasteiger charge is -2.20. The number of amidine groups is 1. The minimum absolute atomic E-state index is 0.00340. The summed E-state index contributed by atoms with van der Waals surface area (Å²) in [6, 6.07) is 12.5. The Kier molecular flexibility index (Phi) is 6.28. The second kappa shape index (κ2) is 9.34. The average molecular weight is 576 g/mol. The average Bonchev–Trinajstić information content (AvgIpc) is 3.36. The van der Waals surface area contributed by atoms with Crippen molar-refractivity contribution in [2.24, 2.45) is 4.99 Å². The normalized spacial score (nSPS) is 14.3. The Morgan fingerprint density at radius 2 is 1.89 bits per heavy atom. The fourth-order valence-corrected chi connectivity index (χ4v) is 6.21. The van der Waals surface area contributed by atoms with Crippen molar-refractivity contribution >= 4 is 48.6 Å². The van der Waals surface area contributed by atoms with Gasteiger partial charge in [-0.2, -0.15) is 5.10 Å². The Morgan fingerprint density at radius 3 is 2.55 bits per heavy atom. The van der Waals surface area contributed by atoms with Crippen LogP contribution < -0.4 is 15.0 Å². The molecule has 0 saturated heterocycles. The zero-order valence-electron chi connectivity index (χ0n) is 19.4. The number of benzene rings is 2. The largest absolute Gasteiger partial charge is 0.505 e. The molecule has 4 aromatic rings. The van der Waals surface area contributed by atoms with Crippen molar-refractivity contribution in [2.45, 2.75) is 11.4 Å². The summed E-state index contributed by atoms with van der Waals surface area (Å²) in [6.45, 7) is -0.0953. The number of hydrogen-bond donors (Lipinski definition) is 3. The standard InChI is InChI=1S/C23H18FN5O6S3/c1-37(32,33)27-15-8-9-16-18(11-15)38(34,35)28-22(25-16)19-21(30)20(17-3-2-10-36-17)26-29(23(19)31)12-13-4-6-14(24)7-5-13/h2-11,27,30H,12H2,1H3,(H,25,28). The third-order valence-corrected chi connectivity index (χ3v) is 8.23. The lowest BCUT2D eigenvalue weighted by Crippen LogP contribution is -2.39. The number of nitrogens with zero attached hydrogens (tertiary/aromatic N) is 3. The summed E-state index contributed by atoms with van der Waals surface area (Å²) < 4.78 is 68.2. The van der Waals surface area contributed by atoms with Crippen LogP contribution in [0.3, 0.4) is 0 Å². The van der Waals surface area contributed by atoms with Gasteiger partial charge in [-0.15, -0.1) is 11.3 Å². The first-order chi connectivity index (χ1) is 17.9. The van der Waals surface area contributed by atoms with E-state index in [2.05, 4.69) is 19.5 Å². The highest BCUT2D eigenvalue weighted by Crippen LogP contribution is 2.35. The Bertz CT molecular complexity index is 1870. The highest BCUT2D eigenvalue weighted by Gasteiger charge is 2.31. The molecule has 0 atom stereocenters. The van der Waals surface area contributed by atoms with Crippen molar-refractivity contribution in [3.05, 3.63) is 87.3 Å². The zero-order chi connectivity index (χ0) is 27.2. The van der Waals surface area contributed by atoms with Gasteiger partial charge in [0, 0.05) is 5.69 Å². The molecule has 3 N–H and O–H groups in total. The number of anilines is 1. The van der Waals surface area contributed by atoms with Crippen LogP contribution in [0.4, 0.5) is 15.8 Å². The maximum Gasteiger partial charge on any atom is 0.281 e. The lowest BCUT2D eigenvalue weighted by atomic mass is 10.1. The van der Waals surface area contributed by atoms with E-state index in [9.17, 15) is 31.1 Å². The Morgan fingerprint density at radius 1 is 1.16 bits per heavy atom. The smallest absolute Gasteiger partial charge is 0.281 e. The number of aromatic hydroxyl groups is 1. The first-order valence-corrected chi connectivity index (χ1v) is 15.0. The van der Waals surface area contributed by atoms with Crippen LogP contribution in [0, 0.1) is 5.82 Å². The Balaban J connectivity index is 1.68. The van der Waals surface area contributed by atoms with Gasteiger partial charge in [0.2, 0.25) is 10.0 Å². The molecule has 1 aliphatic rings. The molecule has 0 aliphatic carbocycles. The van der Waals surface area contributed by atoms with E-state index in [1.54, 1.807) is 17.5 Å². The summed E-state index contributed by atoms with van der Waals surface area (Å²) in [4.78, 5) is 17.9. The first kappa shape index (κ1) is 25.6. The van der Waals surface area contributed by atoms with Crippen LogP contribution in [0.15, 0.2) is 74.7 Å². The predicted molar refractivity (Wildman–Crippen MR) is 140 cm³/mol. The van der Waals surface area contributed by atoms with Gasteiger partial charge >= 0.3 is 0 Å². The highest BCUT2D eigenvalue weighted by atomic mass is 32.2. The topological polar surface area (TPSA) is 160 Å². The molecule has 15 heteroatoms. The number of aliphatic imine (C=N–C) groups is 1. The van der Waals surface area contributed by atoms with E-state index in [-0.39, 0.29) is 28.5 Å². The quantitative estimate of drug-likeness (QED) is 0.319. The minimum Gasteiger partial charge on any atom is -0.505 e. The monoisotopic (exact) mass is 575 g/mol. The summed E-state index contributed by atoms with van der Waals surface area (Å²) in [6.07, 6.45) is 0.920. The second-order valence-electron chi connectivity index (χ2n) is 8.26. The number of nitrogens with one attached hydrogen (secondary N) is 2. The summed E-state index contributed by atoms with van der Waals surface area (Å²) >= 11 is 1.24. The Hall–Kier alpha value is -4.08. The van der Waals surface area contributed by atoms with Crippen molar-refractivity contribution in [1.82, 2.24) is 14.5 Å². The fraction of sp³-hybridized carbons (Fsp3) is 0.0870. The molecule has 11 nitrogen and oxygen atoms in total. The Labute approximate surface area is 220 Å². The van der Waals surface area contributed by atoms with E-state index < -0.39 is 48.6 Å². The molecular weight excluding hydrogens is 557 g/mol. The van der Waals surface area contributed by atoms with Gasteiger partial charge in [-0.25, -0.2) is 30.9 Å². The van der Waals surface area contributed by atoms with Crippen LogP contribution in [-0.2, 0) is 26.6 Å². The van der Waals surface area contributed by atoms with Crippen molar-refractivity contribution in [3.8, 4) is 16.3 Å². The highest BCUT2D eigenvalue weighted by molar-refractivity contribution is 7.92. The van der Waals surface area contributed by atoms with Crippen molar-refractivity contribution < 1.29 is 26.3 Å². The molecule has 3 heterocycles. The van der Waals surface area contributed by atoms with Gasteiger partial charge in [-0.05, 0) is 47.3 Å². The van der Waals surface area contributed by atoms with E-state index in [4.69, 9.17) is 0 Å². The summed E-state index contributed by atoms with van der Waals surface area (Å²) in [7, 11) is -8.00. The van der Waals surface area contributed by atoms with Crippen molar-refractivity contribution in [2.75, 3.05) is 11.0 Å². The third-order valence-electron chi connectivity index (χ3n) is 5.38. The molecule has 0 amide bonds. The SMILES string of the molecule is CS(=O)(=O)Nc1ccc2c(c1)S(=O)(=O)NC(c1c(O)c(-c3cccs3)nn(Cc3ccc(F)cc3)c1=O)=N2. The number of aromatic nitrogens is 2.